The maximum atomic E-state index is 13.5. The number of aromatic nitrogens is 3. The summed E-state index contributed by atoms with van der Waals surface area (Å²) in [5.41, 5.74) is 2.68. The lowest BCUT2D eigenvalue weighted by Gasteiger charge is -2.22. The maximum absolute atomic E-state index is 13.5. The third kappa shape index (κ3) is 5.93. The Bertz CT molecular complexity index is 1190. The van der Waals surface area contributed by atoms with Gasteiger partial charge in [-0.15, -0.1) is 0 Å². The van der Waals surface area contributed by atoms with E-state index in [9.17, 15) is 4.79 Å². The number of nitrogens with zero attached hydrogens (tertiary/aromatic N) is 4. The largest absolute Gasteiger partial charge is 0.497 e. The van der Waals surface area contributed by atoms with Crippen LogP contribution in [0, 0.1) is 13.8 Å². The molecule has 2 aromatic carbocycles. The van der Waals surface area contributed by atoms with Crippen LogP contribution >= 0.6 is 11.3 Å². The van der Waals surface area contributed by atoms with Crippen molar-refractivity contribution in [2.75, 3.05) is 17.3 Å². The number of anilines is 3. The first-order chi connectivity index (χ1) is 15.5. The van der Waals surface area contributed by atoms with Crippen LogP contribution in [0.5, 0.6) is 5.75 Å². The molecule has 0 atom stereocenters. The van der Waals surface area contributed by atoms with Gasteiger partial charge in [-0.25, -0.2) is 15.0 Å². The standard InChI is InChI=1S/C24H23N5O2S.CH4/c1-16-13-22(27-17(2)26-16)28-24-25-14-21(32-24)23(30)29(19-7-5-4-6-8-19)15-18-9-11-20(31-3)12-10-18;/h4-14H,15H2,1-3H3,(H,25,26,27,28);1H4. The van der Waals surface area contributed by atoms with Crippen molar-refractivity contribution < 1.29 is 9.53 Å². The number of hydrogen-bond donors (Lipinski definition) is 1. The number of methoxy groups -OCH3 is 1. The molecule has 4 aromatic rings. The van der Waals surface area contributed by atoms with Crippen molar-refractivity contribution in [2.24, 2.45) is 0 Å². The van der Waals surface area contributed by atoms with Gasteiger partial charge in [0.25, 0.3) is 5.91 Å². The zero-order valence-electron chi connectivity index (χ0n) is 18.1. The van der Waals surface area contributed by atoms with Crippen LogP contribution < -0.4 is 15.0 Å². The van der Waals surface area contributed by atoms with Gasteiger partial charge >= 0.3 is 0 Å². The molecule has 0 unspecified atom stereocenters. The van der Waals surface area contributed by atoms with E-state index in [0.29, 0.717) is 28.2 Å². The minimum Gasteiger partial charge on any atom is -0.497 e. The molecule has 0 aliphatic rings. The number of nitrogens with one attached hydrogen (secondary N) is 1. The van der Waals surface area contributed by atoms with E-state index in [1.54, 1.807) is 18.2 Å². The maximum Gasteiger partial charge on any atom is 0.270 e. The van der Waals surface area contributed by atoms with Crippen molar-refractivity contribution in [3.8, 4) is 5.75 Å². The summed E-state index contributed by atoms with van der Waals surface area (Å²) in [5.74, 6) is 1.99. The third-order valence-electron chi connectivity index (χ3n) is 4.73. The molecule has 170 valence electrons. The molecule has 33 heavy (non-hydrogen) atoms. The Morgan fingerprint density at radius 2 is 1.79 bits per heavy atom. The molecular formula is C25H27N5O2S. The first-order valence-corrected chi connectivity index (χ1v) is 10.9. The first kappa shape index (κ1) is 23.9. The van der Waals surface area contributed by atoms with Crippen molar-refractivity contribution in [1.82, 2.24) is 15.0 Å². The average molecular weight is 462 g/mol. The summed E-state index contributed by atoms with van der Waals surface area (Å²) < 4.78 is 5.24. The molecule has 0 saturated carbocycles. The molecule has 2 aromatic heterocycles. The Labute approximate surface area is 198 Å². The molecular weight excluding hydrogens is 434 g/mol. The highest BCUT2D eigenvalue weighted by atomic mass is 32.1. The number of hydrogen-bond acceptors (Lipinski definition) is 7. The van der Waals surface area contributed by atoms with Gasteiger partial charge in [-0.1, -0.05) is 49.1 Å². The second-order valence-corrected chi connectivity index (χ2v) is 8.20. The van der Waals surface area contributed by atoms with E-state index in [1.807, 2.05) is 74.5 Å². The van der Waals surface area contributed by atoms with E-state index in [-0.39, 0.29) is 13.3 Å². The molecule has 0 aliphatic carbocycles. The molecule has 8 heteroatoms. The second kappa shape index (κ2) is 10.7. The Hall–Kier alpha value is -3.78. The number of aryl methyl sites for hydroxylation is 2. The molecule has 0 bridgehead atoms. The fraction of sp³-hybridized carbons (Fsp3) is 0.200. The van der Waals surface area contributed by atoms with E-state index < -0.39 is 0 Å². The number of ether oxygens (including phenoxy) is 1. The number of carbonyl (C=O) groups is 1. The van der Waals surface area contributed by atoms with Gasteiger partial charge in [-0.2, -0.15) is 0 Å². The summed E-state index contributed by atoms with van der Waals surface area (Å²) in [7, 11) is 1.63. The highest BCUT2D eigenvalue weighted by Gasteiger charge is 2.21. The van der Waals surface area contributed by atoms with Crippen molar-refractivity contribution in [3.63, 3.8) is 0 Å². The van der Waals surface area contributed by atoms with Gasteiger partial charge in [0.15, 0.2) is 5.13 Å². The monoisotopic (exact) mass is 461 g/mol. The topological polar surface area (TPSA) is 80.2 Å². The summed E-state index contributed by atoms with van der Waals surface area (Å²) in [6.45, 7) is 4.18. The lowest BCUT2D eigenvalue weighted by Crippen LogP contribution is -2.29. The van der Waals surface area contributed by atoms with Crippen LogP contribution in [0.25, 0.3) is 0 Å². The molecule has 4 rings (SSSR count). The zero-order chi connectivity index (χ0) is 22.5. The highest BCUT2D eigenvalue weighted by Crippen LogP contribution is 2.27. The average Bonchev–Trinajstić information content (AvgIpc) is 3.26. The molecule has 0 aliphatic heterocycles. The Balaban J connectivity index is 0.00000306. The first-order valence-electron chi connectivity index (χ1n) is 10.1. The van der Waals surface area contributed by atoms with Gasteiger partial charge < -0.3 is 15.0 Å². The lowest BCUT2D eigenvalue weighted by atomic mass is 10.2. The van der Waals surface area contributed by atoms with Gasteiger partial charge in [-0.3, -0.25) is 4.79 Å². The lowest BCUT2D eigenvalue weighted by molar-refractivity contribution is 0.0989. The normalized spacial score (nSPS) is 10.3. The van der Waals surface area contributed by atoms with E-state index in [0.717, 1.165) is 22.7 Å². The van der Waals surface area contributed by atoms with Crippen LogP contribution in [0.4, 0.5) is 16.6 Å². The van der Waals surface area contributed by atoms with E-state index in [4.69, 9.17) is 4.74 Å². The summed E-state index contributed by atoms with van der Waals surface area (Å²) in [6, 6.07) is 19.2. The summed E-state index contributed by atoms with van der Waals surface area (Å²) >= 11 is 1.29. The Morgan fingerprint density at radius 3 is 2.45 bits per heavy atom. The fourth-order valence-corrected chi connectivity index (χ4v) is 4.03. The van der Waals surface area contributed by atoms with Crippen LogP contribution in [0.3, 0.4) is 0 Å². The minimum absolute atomic E-state index is 0. The fourth-order valence-electron chi connectivity index (χ4n) is 3.26. The quantitative estimate of drug-likeness (QED) is 0.375. The van der Waals surface area contributed by atoms with Crippen molar-refractivity contribution >= 4 is 33.9 Å². The number of benzene rings is 2. The van der Waals surface area contributed by atoms with Crippen LogP contribution in [0.1, 0.15) is 34.2 Å². The van der Waals surface area contributed by atoms with Gasteiger partial charge in [0.1, 0.15) is 22.3 Å². The zero-order valence-corrected chi connectivity index (χ0v) is 18.9. The Kier molecular flexibility index (Phi) is 7.74. The molecule has 1 amide bonds. The molecule has 0 saturated heterocycles. The third-order valence-corrected chi connectivity index (χ3v) is 5.63. The molecule has 0 spiro atoms. The van der Waals surface area contributed by atoms with E-state index in [1.165, 1.54) is 11.3 Å². The van der Waals surface area contributed by atoms with Crippen LogP contribution in [-0.4, -0.2) is 28.0 Å². The smallest absolute Gasteiger partial charge is 0.270 e. The number of rotatable bonds is 7. The van der Waals surface area contributed by atoms with Crippen LogP contribution in [0.2, 0.25) is 0 Å². The van der Waals surface area contributed by atoms with Crippen molar-refractivity contribution in [2.45, 2.75) is 27.8 Å². The number of carbonyl (C=O) groups excluding carboxylic acids is 1. The predicted octanol–water partition coefficient (Wildman–Crippen LogP) is 5.79. The molecule has 1 N–H and O–H groups in total. The van der Waals surface area contributed by atoms with Gasteiger partial charge in [0.2, 0.25) is 0 Å². The van der Waals surface area contributed by atoms with Crippen molar-refractivity contribution in [3.05, 3.63) is 88.8 Å². The minimum atomic E-state index is -0.118. The summed E-state index contributed by atoms with van der Waals surface area (Å²) in [6.07, 6.45) is 1.60. The van der Waals surface area contributed by atoms with Crippen LogP contribution in [-0.2, 0) is 6.54 Å². The highest BCUT2D eigenvalue weighted by molar-refractivity contribution is 7.17. The second-order valence-electron chi connectivity index (χ2n) is 7.17. The van der Waals surface area contributed by atoms with E-state index >= 15 is 0 Å². The molecule has 2 heterocycles. The van der Waals surface area contributed by atoms with Gasteiger partial charge in [0, 0.05) is 17.4 Å². The molecule has 7 nitrogen and oxygen atoms in total. The Morgan fingerprint density at radius 1 is 1.06 bits per heavy atom. The predicted molar refractivity (Wildman–Crippen MR) is 134 cm³/mol. The van der Waals surface area contributed by atoms with Gasteiger partial charge in [0.05, 0.1) is 19.9 Å². The molecule has 0 radical (unpaired) electrons. The van der Waals surface area contributed by atoms with Crippen LogP contribution in [0.15, 0.2) is 66.9 Å². The summed E-state index contributed by atoms with van der Waals surface area (Å²) in [5, 5.41) is 3.77. The van der Waals surface area contributed by atoms with Gasteiger partial charge in [-0.05, 0) is 43.7 Å². The van der Waals surface area contributed by atoms with Crippen molar-refractivity contribution in [1.29, 1.82) is 0 Å². The molecule has 0 fully saturated rings. The SMILES string of the molecule is C.COc1ccc(CN(C(=O)c2cnc(Nc3cc(C)nc(C)n3)s2)c2ccccc2)cc1. The number of amides is 1. The summed E-state index contributed by atoms with van der Waals surface area (Å²) in [4.78, 5) is 28.8. The number of thiazole rings is 1. The van der Waals surface area contributed by atoms with E-state index in [2.05, 4.69) is 20.3 Å². The number of para-hydroxylation sites is 1.